The molecule has 10 heterocycles. The zero-order valence-electron chi connectivity index (χ0n) is 55.8. The minimum Gasteiger partial charge on any atom is -0.256 e. The van der Waals surface area contributed by atoms with Gasteiger partial charge in [-0.1, -0.05) is 182 Å². The third-order valence-corrected chi connectivity index (χ3v) is 20.1. The van der Waals surface area contributed by atoms with E-state index >= 15 is 0 Å². The number of para-hydroxylation sites is 2. The Balaban J connectivity index is 0.000000139. The predicted octanol–water partition coefficient (Wildman–Crippen LogP) is 23.3. The van der Waals surface area contributed by atoms with Crippen molar-refractivity contribution in [3.05, 3.63) is 340 Å². The van der Waals surface area contributed by atoms with Gasteiger partial charge in [-0.3, -0.25) is 24.9 Å². The lowest BCUT2D eigenvalue weighted by atomic mass is 9.95. The van der Waals surface area contributed by atoms with E-state index in [2.05, 4.69) is 268 Å². The van der Waals surface area contributed by atoms with Gasteiger partial charge in [-0.15, -0.1) is 0 Å². The summed E-state index contributed by atoms with van der Waals surface area (Å²) in [7, 11) is 0. The molecule has 0 spiro atoms. The Kier molecular flexibility index (Phi) is 14.3. The molecule has 0 aliphatic rings. The standard InChI is InChI=1S/C49H29N5.C45H27N5/c1-2-8-37-36(7-1)39(18-19-40(37)47-22-13-31-12-11-30-6-5-26-51-48(30)49(31)54-47)45-23-16-34-28-32(14-20-42(34)52-45)33-15-21-43-35(29-33)17-24-46(53-43)41-25-27-50-44-10-4-3-9-38(41)44;1-2-8-42-35(6-1)36(21-24-46-42)43-20-16-33-26-31(14-18-41(33)50-43)30-13-17-40-32(25-30)15-19-39(49-40)29-11-9-28(10-12-29)38-27-34-5-3-22-47-44(34)45-37(38)7-4-23-48-45/h1-29H;1-27H. The molecule has 482 valence electrons. The Labute approximate surface area is 596 Å². The summed E-state index contributed by atoms with van der Waals surface area (Å²) in [6.45, 7) is 0. The molecule has 10 heteroatoms. The van der Waals surface area contributed by atoms with Crippen molar-refractivity contribution < 1.29 is 0 Å². The molecule has 0 N–H and O–H groups in total. The molecule has 0 amide bonds. The lowest BCUT2D eigenvalue weighted by Crippen LogP contribution is -1.92. The van der Waals surface area contributed by atoms with Crippen LogP contribution in [0.4, 0.5) is 0 Å². The van der Waals surface area contributed by atoms with Crippen LogP contribution in [0.25, 0.3) is 209 Å². The van der Waals surface area contributed by atoms with Crippen LogP contribution in [0.15, 0.2) is 340 Å². The van der Waals surface area contributed by atoms with Crippen LogP contribution < -0.4 is 0 Å². The quantitative estimate of drug-likeness (QED) is 0.136. The number of aromatic nitrogens is 10. The molecular weight excluding hydrogens is 1270 g/mol. The van der Waals surface area contributed by atoms with E-state index in [1.54, 1.807) is 0 Å². The van der Waals surface area contributed by atoms with Crippen LogP contribution in [0, 0.1) is 0 Å². The second-order valence-electron chi connectivity index (χ2n) is 26.3. The van der Waals surface area contributed by atoms with Crippen LogP contribution in [0.1, 0.15) is 0 Å². The minimum atomic E-state index is 0.915. The third kappa shape index (κ3) is 10.7. The Morgan fingerprint density at radius 2 is 0.510 bits per heavy atom. The molecule has 0 fully saturated rings. The van der Waals surface area contributed by atoms with Crippen molar-refractivity contribution in [2.24, 2.45) is 0 Å². The van der Waals surface area contributed by atoms with Crippen molar-refractivity contribution >= 4 is 120 Å². The molecule has 0 aliphatic heterocycles. The van der Waals surface area contributed by atoms with Crippen molar-refractivity contribution in [3.8, 4) is 89.7 Å². The summed E-state index contributed by atoms with van der Waals surface area (Å²) < 4.78 is 0. The van der Waals surface area contributed by atoms with Gasteiger partial charge < -0.3 is 0 Å². The Bertz CT molecular complexity index is 7070. The lowest BCUT2D eigenvalue weighted by Gasteiger charge is -2.13. The topological polar surface area (TPSA) is 129 Å². The van der Waals surface area contributed by atoms with Crippen LogP contribution in [-0.2, 0) is 0 Å². The molecule has 21 rings (SSSR count). The first kappa shape index (κ1) is 59.8. The van der Waals surface area contributed by atoms with Gasteiger partial charge in [0.05, 0.1) is 83.6 Å². The van der Waals surface area contributed by atoms with Gasteiger partial charge in [0, 0.05) is 113 Å². The minimum absolute atomic E-state index is 0.915. The fourth-order valence-electron chi connectivity index (χ4n) is 14.9. The average Bonchev–Trinajstić information content (AvgIpc) is 0.809. The van der Waals surface area contributed by atoms with Crippen molar-refractivity contribution in [2.45, 2.75) is 0 Å². The third-order valence-electron chi connectivity index (χ3n) is 20.1. The van der Waals surface area contributed by atoms with Crippen LogP contribution in [0.5, 0.6) is 0 Å². The molecule has 11 aromatic carbocycles. The van der Waals surface area contributed by atoms with Crippen LogP contribution in [-0.4, -0.2) is 49.8 Å². The van der Waals surface area contributed by atoms with Gasteiger partial charge in [0.25, 0.3) is 0 Å². The van der Waals surface area contributed by atoms with E-state index in [9.17, 15) is 0 Å². The zero-order valence-corrected chi connectivity index (χ0v) is 55.8. The molecule has 0 saturated carbocycles. The predicted molar refractivity (Wildman–Crippen MR) is 427 cm³/mol. The van der Waals surface area contributed by atoms with Gasteiger partial charge in [0.1, 0.15) is 0 Å². The maximum atomic E-state index is 5.18. The summed E-state index contributed by atoms with van der Waals surface area (Å²) in [6.07, 6.45) is 9.19. The smallest absolute Gasteiger partial charge is 0.0972 e. The van der Waals surface area contributed by atoms with E-state index in [-0.39, 0.29) is 0 Å². The number of nitrogens with zero attached hydrogens (tertiary/aromatic N) is 10. The van der Waals surface area contributed by atoms with E-state index in [0.29, 0.717) is 0 Å². The summed E-state index contributed by atoms with van der Waals surface area (Å²) in [4.78, 5) is 48.4. The Morgan fingerprint density at radius 3 is 1.02 bits per heavy atom. The second-order valence-corrected chi connectivity index (χ2v) is 26.3. The molecular formula is C94H56N10. The highest BCUT2D eigenvalue weighted by Crippen LogP contribution is 2.40. The Morgan fingerprint density at radius 1 is 0.154 bits per heavy atom. The molecule has 104 heavy (non-hydrogen) atoms. The first-order chi connectivity index (χ1) is 51.5. The van der Waals surface area contributed by atoms with E-state index in [1.807, 2.05) is 97.7 Å². The summed E-state index contributed by atoms with van der Waals surface area (Å²) in [5.41, 5.74) is 26.5. The maximum Gasteiger partial charge on any atom is 0.0972 e. The lowest BCUT2D eigenvalue weighted by molar-refractivity contribution is 1.37. The molecule has 0 unspecified atom stereocenters. The van der Waals surface area contributed by atoms with Gasteiger partial charge in [-0.05, 0) is 172 Å². The van der Waals surface area contributed by atoms with Gasteiger partial charge in [0.15, 0.2) is 0 Å². The SMILES string of the molecule is c1cnc2c(c1)cc(-c1ccc(-c3ccc4cc(-c5ccc6nc(-c7ccnc8ccccc78)ccc6c5)ccc4n3)cc1)c1cccnc12.c1cnc2c(c1)ccc1ccc(-c3ccc(-c4ccc5cc(-c6ccc7nc(-c8ccnc9ccccc89)ccc7c6)ccc5n4)c4ccccc34)nc12. The van der Waals surface area contributed by atoms with Crippen LogP contribution in [0.2, 0.25) is 0 Å². The Hall–Kier alpha value is -14.2. The highest BCUT2D eigenvalue weighted by molar-refractivity contribution is 6.11. The molecule has 10 aromatic heterocycles. The van der Waals surface area contributed by atoms with Gasteiger partial charge in [0.2, 0.25) is 0 Å². The number of benzene rings is 11. The summed E-state index contributed by atoms with van der Waals surface area (Å²) in [5, 5.41) is 13.2. The fourth-order valence-corrected chi connectivity index (χ4v) is 14.9. The molecule has 0 saturated heterocycles. The second kappa shape index (κ2) is 24.9. The van der Waals surface area contributed by atoms with Crippen molar-refractivity contribution in [3.63, 3.8) is 0 Å². The number of fused-ring (bicyclic) bond motifs is 13. The highest BCUT2D eigenvalue weighted by atomic mass is 14.8. The van der Waals surface area contributed by atoms with E-state index < -0.39 is 0 Å². The van der Waals surface area contributed by atoms with Crippen molar-refractivity contribution in [1.82, 2.24) is 49.8 Å². The molecule has 0 atom stereocenters. The first-order valence-corrected chi connectivity index (χ1v) is 34.7. The number of hydrogen-bond donors (Lipinski definition) is 0. The van der Waals surface area contributed by atoms with Crippen molar-refractivity contribution in [2.75, 3.05) is 0 Å². The van der Waals surface area contributed by atoms with E-state index in [0.717, 1.165) is 209 Å². The first-order valence-electron chi connectivity index (χ1n) is 34.7. The maximum absolute atomic E-state index is 5.18. The van der Waals surface area contributed by atoms with E-state index in [1.165, 1.54) is 0 Å². The number of pyridine rings is 10. The molecule has 21 aromatic rings. The largest absolute Gasteiger partial charge is 0.256 e. The summed E-state index contributed by atoms with van der Waals surface area (Å²) in [5.74, 6) is 0. The van der Waals surface area contributed by atoms with Crippen LogP contribution >= 0.6 is 0 Å². The highest BCUT2D eigenvalue weighted by Gasteiger charge is 2.18. The van der Waals surface area contributed by atoms with Gasteiger partial charge in [-0.25, -0.2) is 24.9 Å². The molecule has 0 aliphatic carbocycles. The van der Waals surface area contributed by atoms with Gasteiger partial charge in [-0.2, -0.15) is 0 Å². The fraction of sp³-hybridized carbons (Fsp3) is 0. The van der Waals surface area contributed by atoms with E-state index in [4.69, 9.17) is 24.9 Å². The van der Waals surface area contributed by atoms with Gasteiger partial charge >= 0.3 is 0 Å². The molecule has 0 radical (unpaired) electrons. The summed E-state index contributed by atoms with van der Waals surface area (Å²) in [6, 6.07) is 108. The zero-order chi connectivity index (χ0) is 68.6. The average molecular weight is 1330 g/mol. The number of rotatable bonds is 8. The normalized spacial score (nSPS) is 11.7. The van der Waals surface area contributed by atoms with Crippen molar-refractivity contribution in [1.29, 1.82) is 0 Å². The summed E-state index contributed by atoms with van der Waals surface area (Å²) >= 11 is 0. The number of hydrogen-bond acceptors (Lipinski definition) is 10. The van der Waals surface area contributed by atoms with Crippen LogP contribution in [0.3, 0.4) is 0 Å². The molecule has 10 nitrogen and oxygen atoms in total. The monoisotopic (exact) mass is 1320 g/mol. The molecule has 0 bridgehead atoms.